The standard InChI is InChI=1S/C22H33N3O2.HI/c1-4-16-27-20-9-7-19(8-10-20)11-15-24-21(23-5-2)25-18-22(12-6-13-22)14-17-26-3;/h1,7-10H,5-6,11-18H2,2-3H3,(H2,23,24,25);1H. The average Bonchev–Trinajstić information content (AvgIpc) is 2.66. The smallest absolute Gasteiger partial charge is 0.191 e. The molecule has 0 aromatic heterocycles. The van der Waals surface area contributed by atoms with Crippen LogP contribution in [0.1, 0.15) is 38.2 Å². The number of nitrogens with one attached hydrogen (secondary N) is 2. The maximum Gasteiger partial charge on any atom is 0.191 e. The van der Waals surface area contributed by atoms with E-state index in [9.17, 15) is 0 Å². The SMILES string of the molecule is C#CCOc1ccc(CCNC(=NCC2(CCOC)CCC2)NCC)cc1.I. The Hall–Kier alpha value is -1.46. The number of ether oxygens (including phenoxy) is 2. The number of hydrogen-bond donors (Lipinski definition) is 2. The highest BCUT2D eigenvalue weighted by Crippen LogP contribution is 2.44. The van der Waals surface area contributed by atoms with E-state index in [0.29, 0.717) is 12.0 Å². The predicted octanol–water partition coefficient (Wildman–Crippen LogP) is 3.62. The molecule has 0 spiro atoms. The summed E-state index contributed by atoms with van der Waals surface area (Å²) in [5, 5.41) is 6.79. The number of nitrogens with zero attached hydrogens (tertiary/aromatic N) is 1. The number of benzene rings is 1. The molecule has 0 radical (unpaired) electrons. The van der Waals surface area contributed by atoms with Gasteiger partial charge in [0.15, 0.2) is 5.96 Å². The zero-order valence-corrected chi connectivity index (χ0v) is 19.5. The van der Waals surface area contributed by atoms with Crippen molar-refractivity contribution in [3.05, 3.63) is 29.8 Å². The molecule has 0 atom stereocenters. The molecule has 5 nitrogen and oxygen atoms in total. The Morgan fingerprint density at radius 3 is 2.57 bits per heavy atom. The molecular weight excluding hydrogens is 465 g/mol. The van der Waals surface area contributed by atoms with Gasteiger partial charge in [-0.1, -0.05) is 24.5 Å². The van der Waals surface area contributed by atoms with Crippen LogP contribution in [-0.2, 0) is 11.2 Å². The van der Waals surface area contributed by atoms with E-state index in [1.54, 1.807) is 7.11 Å². The second-order valence-electron chi connectivity index (χ2n) is 7.11. The first kappa shape index (κ1) is 24.6. The number of hydrogen-bond acceptors (Lipinski definition) is 3. The Morgan fingerprint density at radius 2 is 2.00 bits per heavy atom. The van der Waals surface area contributed by atoms with Gasteiger partial charge < -0.3 is 20.1 Å². The topological polar surface area (TPSA) is 54.9 Å². The Bertz CT molecular complexity index is 622. The van der Waals surface area contributed by atoms with Crippen LogP contribution in [0.3, 0.4) is 0 Å². The Kier molecular flexibility index (Phi) is 12.0. The van der Waals surface area contributed by atoms with Crippen molar-refractivity contribution in [3.63, 3.8) is 0 Å². The predicted molar refractivity (Wildman–Crippen MR) is 127 cm³/mol. The molecular formula is C22H34IN3O2. The van der Waals surface area contributed by atoms with E-state index >= 15 is 0 Å². The highest BCUT2D eigenvalue weighted by Gasteiger charge is 2.36. The molecule has 1 saturated carbocycles. The van der Waals surface area contributed by atoms with Gasteiger partial charge in [0, 0.05) is 33.4 Å². The largest absolute Gasteiger partial charge is 0.481 e. The van der Waals surface area contributed by atoms with Crippen molar-refractivity contribution in [1.29, 1.82) is 0 Å². The Morgan fingerprint density at radius 1 is 1.25 bits per heavy atom. The summed E-state index contributed by atoms with van der Waals surface area (Å²) in [5.74, 6) is 4.18. The van der Waals surface area contributed by atoms with Gasteiger partial charge in [-0.3, -0.25) is 4.99 Å². The van der Waals surface area contributed by atoms with E-state index in [0.717, 1.165) is 50.8 Å². The van der Waals surface area contributed by atoms with Gasteiger partial charge in [0.05, 0.1) is 0 Å². The number of guanidine groups is 1. The molecule has 156 valence electrons. The molecule has 0 unspecified atom stereocenters. The third kappa shape index (κ3) is 8.27. The summed E-state index contributed by atoms with van der Waals surface area (Å²) in [4.78, 5) is 4.84. The van der Waals surface area contributed by atoms with Crippen molar-refractivity contribution in [2.45, 2.75) is 39.0 Å². The molecule has 2 rings (SSSR count). The molecule has 1 aliphatic rings. The second-order valence-corrected chi connectivity index (χ2v) is 7.11. The lowest BCUT2D eigenvalue weighted by molar-refractivity contribution is 0.0778. The molecule has 1 aliphatic carbocycles. The van der Waals surface area contributed by atoms with Crippen LogP contribution in [0, 0.1) is 17.8 Å². The van der Waals surface area contributed by atoms with Crippen LogP contribution in [0.15, 0.2) is 29.3 Å². The third-order valence-electron chi connectivity index (χ3n) is 5.12. The lowest BCUT2D eigenvalue weighted by Gasteiger charge is -2.40. The van der Waals surface area contributed by atoms with Gasteiger partial charge in [0.25, 0.3) is 0 Å². The molecule has 0 heterocycles. The lowest BCUT2D eigenvalue weighted by Crippen LogP contribution is -2.41. The van der Waals surface area contributed by atoms with Gasteiger partial charge in [-0.15, -0.1) is 30.4 Å². The maximum absolute atomic E-state index is 5.40. The quantitative estimate of drug-likeness (QED) is 0.212. The number of aliphatic imine (C=N–C) groups is 1. The minimum Gasteiger partial charge on any atom is -0.481 e. The average molecular weight is 499 g/mol. The molecule has 0 bridgehead atoms. The minimum atomic E-state index is 0. The monoisotopic (exact) mass is 499 g/mol. The van der Waals surface area contributed by atoms with Crippen LogP contribution in [0.25, 0.3) is 0 Å². The summed E-state index contributed by atoms with van der Waals surface area (Å²) in [6, 6.07) is 8.07. The van der Waals surface area contributed by atoms with E-state index in [1.807, 2.05) is 12.1 Å². The normalized spacial score (nSPS) is 15.0. The van der Waals surface area contributed by atoms with Gasteiger partial charge in [0.2, 0.25) is 0 Å². The molecule has 1 fully saturated rings. The molecule has 0 aliphatic heterocycles. The number of halogens is 1. The van der Waals surface area contributed by atoms with Crippen molar-refractivity contribution in [1.82, 2.24) is 10.6 Å². The maximum atomic E-state index is 5.40. The fourth-order valence-corrected chi connectivity index (χ4v) is 3.27. The van der Waals surface area contributed by atoms with Gasteiger partial charge in [-0.25, -0.2) is 0 Å². The van der Waals surface area contributed by atoms with E-state index in [2.05, 4.69) is 35.6 Å². The Labute approximate surface area is 187 Å². The van der Waals surface area contributed by atoms with Crippen molar-refractivity contribution in [3.8, 4) is 18.1 Å². The van der Waals surface area contributed by atoms with Gasteiger partial charge in [-0.05, 0) is 55.7 Å². The van der Waals surface area contributed by atoms with E-state index in [4.69, 9.17) is 20.9 Å². The first-order valence-corrected chi connectivity index (χ1v) is 9.88. The van der Waals surface area contributed by atoms with Crippen LogP contribution >= 0.6 is 24.0 Å². The third-order valence-corrected chi connectivity index (χ3v) is 5.12. The summed E-state index contributed by atoms with van der Waals surface area (Å²) in [7, 11) is 1.77. The summed E-state index contributed by atoms with van der Waals surface area (Å²) in [6.45, 7) is 5.78. The van der Waals surface area contributed by atoms with Crippen molar-refractivity contribution >= 4 is 29.9 Å². The van der Waals surface area contributed by atoms with Gasteiger partial charge >= 0.3 is 0 Å². The molecule has 6 heteroatoms. The number of terminal acetylenes is 1. The molecule has 1 aromatic carbocycles. The van der Waals surface area contributed by atoms with Crippen LogP contribution in [0.5, 0.6) is 5.75 Å². The zero-order valence-electron chi connectivity index (χ0n) is 17.1. The molecule has 1 aromatic rings. The highest BCUT2D eigenvalue weighted by atomic mass is 127. The fraction of sp³-hybridized carbons (Fsp3) is 0.591. The molecule has 0 saturated heterocycles. The summed E-state index contributed by atoms with van der Waals surface area (Å²) in [6.07, 6.45) is 11.1. The van der Waals surface area contributed by atoms with Gasteiger partial charge in [0.1, 0.15) is 12.4 Å². The lowest BCUT2D eigenvalue weighted by atomic mass is 9.67. The molecule has 0 amide bonds. The zero-order chi connectivity index (χ0) is 19.4. The summed E-state index contributed by atoms with van der Waals surface area (Å²) >= 11 is 0. The molecule has 2 N–H and O–H groups in total. The number of rotatable bonds is 11. The first-order valence-electron chi connectivity index (χ1n) is 9.88. The van der Waals surface area contributed by atoms with E-state index < -0.39 is 0 Å². The summed E-state index contributed by atoms with van der Waals surface area (Å²) < 4.78 is 10.7. The minimum absolute atomic E-state index is 0. The summed E-state index contributed by atoms with van der Waals surface area (Å²) in [5.41, 5.74) is 1.59. The number of methoxy groups -OCH3 is 1. The van der Waals surface area contributed by atoms with Crippen LogP contribution in [-0.4, -0.2) is 45.9 Å². The first-order chi connectivity index (χ1) is 13.2. The van der Waals surface area contributed by atoms with E-state index in [-0.39, 0.29) is 24.0 Å². The highest BCUT2D eigenvalue weighted by molar-refractivity contribution is 14.0. The van der Waals surface area contributed by atoms with E-state index in [1.165, 1.54) is 24.8 Å². The van der Waals surface area contributed by atoms with Crippen molar-refractivity contribution in [2.24, 2.45) is 10.4 Å². The second kappa shape index (κ2) is 13.7. The van der Waals surface area contributed by atoms with Crippen LogP contribution in [0.2, 0.25) is 0 Å². The van der Waals surface area contributed by atoms with Crippen molar-refractivity contribution in [2.75, 3.05) is 40.0 Å². The van der Waals surface area contributed by atoms with Crippen LogP contribution in [0.4, 0.5) is 0 Å². The van der Waals surface area contributed by atoms with Crippen LogP contribution < -0.4 is 15.4 Å². The van der Waals surface area contributed by atoms with Crippen molar-refractivity contribution < 1.29 is 9.47 Å². The van der Waals surface area contributed by atoms with Gasteiger partial charge in [-0.2, -0.15) is 0 Å². The Balaban J connectivity index is 0.00000392. The fourth-order valence-electron chi connectivity index (χ4n) is 3.27. The molecule has 28 heavy (non-hydrogen) atoms.